The van der Waals surface area contributed by atoms with Gasteiger partial charge in [0.05, 0.1) is 6.04 Å². The lowest BCUT2D eigenvalue weighted by Crippen LogP contribution is -2.58. The van der Waals surface area contributed by atoms with Gasteiger partial charge in [0.15, 0.2) is 5.96 Å². The summed E-state index contributed by atoms with van der Waals surface area (Å²) in [5, 5.41) is 26.9. The summed E-state index contributed by atoms with van der Waals surface area (Å²) < 4.78 is 0. The first-order valence-electron chi connectivity index (χ1n) is 13.8. The smallest absolute Gasteiger partial charge is 0.326 e. The zero-order chi connectivity index (χ0) is 30.9. The monoisotopic (exact) mass is 578 g/mol. The molecule has 0 radical (unpaired) electrons. The van der Waals surface area contributed by atoms with Crippen molar-refractivity contribution in [2.75, 3.05) is 13.1 Å². The lowest BCUT2D eigenvalue weighted by molar-refractivity contribution is -0.142. The van der Waals surface area contributed by atoms with Gasteiger partial charge in [-0.1, -0.05) is 32.4 Å². The zero-order valence-electron chi connectivity index (χ0n) is 23.8. The number of nitrogens with two attached hydrogens (primary N) is 4. The Morgan fingerprint density at radius 3 is 2.07 bits per heavy atom. The second kappa shape index (κ2) is 18.4. The Kier molecular flexibility index (Phi) is 15.8. The number of carbonyl (C=O) groups is 4. The SMILES string of the molecule is CCC(C)C(NC(=O)C(N)Cc1ccc(O)cc1)C(=O)NC(CCCCN)C(=O)NC(CCCN=C(N)N)C(=O)O. The topological polar surface area (TPSA) is 261 Å². The van der Waals surface area contributed by atoms with Crippen LogP contribution in [0.25, 0.3) is 0 Å². The number of benzene rings is 1. The molecule has 0 heterocycles. The van der Waals surface area contributed by atoms with Crippen LogP contribution in [0.5, 0.6) is 5.75 Å². The molecule has 0 aliphatic rings. The number of amides is 3. The van der Waals surface area contributed by atoms with Crippen LogP contribution in [0.15, 0.2) is 29.3 Å². The molecule has 230 valence electrons. The van der Waals surface area contributed by atoms with Crippen LogP contribution in [-0.2, 0) is 25.6 Å². The molecule has 1 aromatic carbocycles. The number of phenolic OH excluding ortho intramolecular Hbond substituents is 1. The molecule has 0 aliphatic carbocycles. The molecule has 14 nitrogen and oxygen atoms in total. The molecule has 3 amide bonds. The van der Waals surface area contributed by atoms with Crippen LogP contribution < -0.4 is 38.9 Å². The second-order valence-corrected chi connectivity index (χ2v) is 10.0. The maximum absolute atomic E-state index is 13.4. The van der Waals surface area contributed by atoms with Gasteiger partial charge in [0.25, 0.3) is 0 Å². The van der Waals surface area contributed by atoms with E-state index in [4.69, 9.17) is 22.9 Å². The fraction of sp³-hybridized carbons (Fsp3) is 0.593. The molecule has 1 rings (SSSR count). The summed E-state index contributed by atoms with van der Waals surface area (Å²) >= 11 is 0. The van der Waals surface area contributed by atoms with Crippen molar-refractivity contribution in [3.05, 3.63) is 29.8 Å². The minimum Gasteiger partial charge on any atom is -0.508 e. The third-order valence-electron chi connectivity index (χ3n) is 6.66. The third kappa shape index (κ3) is 13.3. The third-order valence-corrected chi connectivity index (χ3v) is 6.66. The van der Waals surface area contributed by atoms with E-state index in [1.165, 1.54) is 12.1 Å². The Morgan fingerprint density at radius 1 is 0.902 bits per heavy atom. The summed E-state index contributed by atoms with van der Waals surface area (Å²) in [6, 6.07) is 2.06. The van der Waals surface area contributed by atoms with Crippen molar-refractivity contribution in [2.24, 2.45) is 33.8 Å². The van der Waals surface area contributed by atoms with Crippen LogP contribution in [0.2, 0.25) is 0 Å². The van der Waals surface area contributed by atoms with Crippen LogP contribution in [0, 0.1) is 5.92 Å². The average Bonchev–Trinajstić information content (AvgIpc) is 2.92. The highest BCUT2D eigenvalue weighted by Gasteiger charge is 2.32. The molecule has 0 aliphatic heterocycles. The molecular weight excluding hydrogens is 532 g/mol. The Hall–Kier alpha value is -3.91. The van der Waals surface area contributed by atoms with Crippen LogP contribution in [0.4, 0.5) is 0 Å². The molecule has 5 atom stereocenters. The van der Waals surface area contributed by atoms with Gasteiger partial charge in [0.2, 0.25) is 17.7 Å². The summed E-state index contributed by atoms with van der Waals surface area (Å²) in [5.74, 6) is -3.36. The molecule has 1 aromatic rings. The molecule has 0 fully saturated rings. The number of aromatic hydroxyl groups is 1. The van der Waals surface area contributed by atoms with Crippen molar-refractivity contribution in [1.29, 1.82) is 0 Å². The molecule has 0 saturated carbocycles. The van der Waals surface area contributed by atoms with Crippen LogP contribution in [0.3, 0.4) is 0 Å². The lowest BCUT2D eigenvalue weighted by atomic mass is 9.96. The molecule has 0 spiro atoms. The molecule has 0 saturated heterocycles. The summed E-state index contributed by atoms with van der Waals surface area (Å²) in [6.45, 7) is 4.23. The van der Waals surface area contributed by atoms with Crippen molar-refractivity contribution in [3.8, 4) is 5.75 Å². The highest BCUT2D eigenvalue weighted by atomic mass is 16.4. The Bertz CT molecular complexity index is 1020. The number of carbonyl (C=O) groups excluding carboxylic acids is 3. The molecule has 5 unspecified atom stereocenters. The number of phenols is 1. The minimum atomic E-state index is -1.23. The van der Waals surface area contributed by atoms with Crippen LogP contribution in [0.1, 0.15) is 57.9 Å². The van der Waals surface area contributed by atoms with Crippen LogP contribution >= 0.6 is 0 Å². The van der Waals surface area contributed by atoms with Gasteiger partial charge < -0.3 is 49.1 Å². The predicted molar refractivity (Wildman–Crippen MR) is 155 cm³/mol. The van der Waals surface area contributed by atoms with E-state index in [2.05, 4.69) is 20.9 Å². The summed E-state index contributed by atoms with van der Waals surface area (Å²) in [7, 11) is 0. The van der Waals surface area contributed by atoms with Gasteiger partial charge >= 0.3 is 5.97 Å². The first kappa shape index (κ1) is 35.1. The number of rotatable bonds is 19. The van der Waals surface area contributed by atoms with Gasteiger partial charge in [-0.3, -0.25) is 19.4 Å². The van der Waals surface area contributed by atoms with Gasteiger partial charge in [-0.05, 0) is 68.7 Å². The van der Waals surface area contributed by atoms with Gasteiger partial charge in [-0.2, -0.15) is 0 Å². The van der Waals surface area contributed by atoms with E-state index >= 15 is 0 Å². The Balaban J connectivity index is 2.97. The van der Waals surface area contributed by atoms with Gasteiger partial charge in [-0.15, -0.1) is 0 Å². The Labute approximate surface area is 240 Å². The van der Waals surface area contributed by atoms with Crippen molar-refractivity contribution in [1.82, 2.24) is 16.0 Å². The number of nitrogens with one attached hydrogen (secondary N) is 3. The fourth-order valence-electron chi connectivity index (χ4n) is 4.00. The second-order valence-electron chi connectivity index (χ2n) is 10.0. The average molecular weight is 579 g/mol. The molecule has 0 aromatic heterocycles. The minimum absolute atomic E-state index is 0.0752. The number of nitrogens with zero attached hydrogens (tertiary/aromatic N) is 1. The molecule has 0 bridgehead atoms. The van der Waals surface area contributed by atoms with Gasteiger partial charge in [-0.25, -0.2) is 4.79 Å². The van der Waals surface area contributed by atoms with E-state index in [0.717, 1.165) is 5.56 Å². The van der Waals surface area contributed by atoms with E-state index in [1.54, 1.807) is 19.1 Å². The number of carboxylic acid groups (broad SMARTS) is 1. The molecule has 13 N–H and O–H groups in total. The first-order valence-corrected chi connectivity index (χ1v) is 13.8. The number of guanidine groups is 1. The zero-order valence-corrected chi connectivity index (χ0v) is 23.8. The largest absolute Gasteiger partial charge is 0.508 e. The van der Waals surface area contributed by atoms with Crippen molar-refractivity contribution < 1.29 is 29.4 Å². The number of hydrogen-bond acceptors (Lipinski definition) is 8. The van der Waals surface area contributed by atoms with Crippen molar-refractivity contribution in [3.63, 3.8) is 0 Å². The van der Waals surface area contributed by atoms with Gasteiger partial charge in [0.1, 0.15) is 23.9 Å². The van der Waals surface area contributed by atoms with Crippen molar-refractivity contribution in [2.45, 2.75) is 83.0 Å². The van der Waals surface area contributed by atoms with E-state index in [9.17, 15) is 29.4 Å². The molecule has 41 heavy (non-hydrogen) atoms. The normalized spacial score (nSPS) is 14.5. The summed E-state index contributed by atoms with van der Waals surface area (Å²) in [6.07, 6.45) is 2.44. The fourth-order valence-corrected chi connectivity index (χ4v) is 4.00. The summed E-state index contributed by atoms with van der Waals surface area (Å²) in [5.41, 5.74) is 23.0. The van der Waals surface area contributed by atoms with E-state index in [-0.39, 0.29) is 43.4 Å². The summed E-state index contributed by atoms with van der Waals surface area (Å²) in [4.78, 5) is 55.0. The first-order chi connectivity index (χ1) is 19.4. The highest BCUT2D eigenvalue weighted by molar-refractivity contribution is 5.94. The quantitative estimate of drug-likeness (QED) is 0.0551. The number of aliphatic carboxylic acids is 1. The number of unbranched alkanes of at least 4 members (excludes halogenated alkanes) is 1. The van der Waals surface area contributed by atoms with Crippen molar-refractivity contribution >= 4 is 29.7 Å². The predicted octanol–water partition coefficient (Wildman–Crippen LogP) is -0.970. The number of carboxylic acids is 1. The Morgan fingerprint density at radius 2 is 1.51 bits per heavy atom. The molecular formula is C27H46N8O6. The molecule has 14 heteroatoms. The highest BCUT2D eigenvalue weighted by Crippen LogP contribution is 2.13. The van der Waals surface area contributed by atoms with Crippen LogP contribution in [-0.4, -0.2) is 77.1 Å². The standard InChI is InChI=1S/C27H46N8O6/c1-3-16(2)22(35-23(37)19(29)15-17-9-11-18(36)12-10-17)25(39)33-20(7-4-5-13-28)24(38)34-21(26(40)41)8-6-14-32-27(30)31/h9-12,16,19-22,36H,3-8,13-15,28-29H2,1-2H3,(H,33,39)(H,34,38)(H,35,37)(H,40,41)(H4,30,31,32). The number of hydrogen-bond donors (Lipinski definition) is 9. The van der Waals surface area contributed by atoms with Gasteiger partial charge in [0, 0.05) is 6.54 Å². The lowest BCUT2D eigenvalue weighted by Gasteiger charge is -2.28. The maximum atomic E-state index is 13.4. The van der Waals surface area contributed by atoms with E-state index in [1.807, 2.05) is 6.92 Å². The maximum Gasteiger partial charge on any atom is 0.326 e. The van der Waals surface area contributed by atoms with E-state index in [0.29, 0.717) is 32.2 Å². The number of aliphatic imine (C=N–C) groups is 1. The van der Waals surface area contributed by atoms with E-state index < -0.39 is 47.9 Å².